The zero-order valence-electron chi connectivity index (χ0n) is 11.3. The zero-order chi connectivity index (χ0) is 12.5. The summed E-state index contributed by atoms with van der Waals surface area (Å²) in [5, 5.41) is 4.33. The molecule has 2 fully saturated rings. The van der Waals surface area contributed by atoms with Gasteiger partial charge in [0.1, 0.15) is 0 Å². The Morgan fingerprint density at radius 3 is 2.32 bits per heavy atom. The Labute approximate surface area is 126 Å². The quantitative estimate of drug-likeness (QED) is 0.921. The molecule has 0 spiro atoms. The molecule has 0 aromatic heterocycles. The number of halogens is 2. The average Bonchev–Trinajstić information content (AvgIpc) is 2.93. The molecular formula is C15H22Cl2N2. The van der Waals surface area contributed by atoms with Gasteiger partial charge in [0.25, 0.3) is 0 Å². The molecule has 0 aliphatic carbocycles. The lowest BCUT2D eigenvalue weighted by Gasteiger charge is -2.28. The fourth-order valence-corrected chi connectivity index (χ4v) is 3.66. The van der Waals surface area contributed by atoms with Crippen LogP contribution in [-0.2, 0) is 0 Å². The number of nitrogens with one attached hydrogen (secondary N) is 1. The number of hydrogen-bond donors (Lipinski definition) is 1. The summed E-state index contributed by atoms with van der Waals surface area (Å²) < 4.78 is 0. The summed E-state index contributed by atoms with van der Waals surface area (Å²) in [6.45, 7) is 7.19. The number of hydrogen-bond acceptors (Lipinski definition) is 2. The van der Waals surface area contributed by atoms with Crippen molar-refractivity contribution in [2.75, 3.05) is 26.2 Å². The first-order valence-electron chi connectivity index (χ1n) is 6.98. The topological polar surface area (TPSA) is 15.3 Å². The maximum Gasteiger partial charge on any atom is 0.0406 e. The smallest absolute Gasteiger partial charge is 0.0406 e. The maximum atomic E-state index is 5.98. The first-order valence-corrected chi connectivity index (χ1v) is 7.36. The predicted octanol–water partition coefficient (Wildman–Crippen LogP) is 3.36. The lowest BCUT2D eigenvalue weighted by molar-refractivity contribution is 0.222. The maximum absolute atomic E-state index is 5.98. The molecule has 19 heavy (non-hydrogen) atoms. The molecule has 3 atom stereocenters. The highest BCUT2D eigenvalue weighted by Gasteiger charge is 2.38. The van der Waals surface area contributed by atoms with Crippen molar-refractivity contribution in [2.45, 2.75) is 19.4 Å². The minimum atomic E-state index is 0. The van der Waals surface area contributed by atoms with E-state index in [2.05, 4.69) is 29.3 Å². The Hall–Kier alpha value is -0.280. The number of rotatable bonds is 3. The Balaban J connectivity index is 0.00000133. The van der Waals surface area contributed by atoms with Crippen LogP contribution in [0.5, 0.6) is 0 Å². The van der Waals surface area contributed by atoms with Crippen LogP contribution in [0.15, 0.2) is 24.3 Å². The molecule has 1 aromatic carbocycles. The monoisotopic (exact) mass is 300 g/mol. The summed E-state index contributed by atoms with van der Waals surface area (Å²) in [7, 11) is 0. The second-order valence-electron chi connectivity index (χ2n) is 5.61. The highest BCUT2D eigenvalue weighted by atomic mass is 35.5. The lowest BCUT2D eigenvalue weighted by atomic mass is 10.0. The van der Waals surface area contributed by atoms with Crippen LogP contribution in [0.2, 0.25) is 5.02 Å². The summed E-state index contributed by atoms with van der Waals surface area (Å²) in [5.74, 6) is 1.73. The van der Waals surface area contributed by atoms with Gasteiger partial charge in [0.05, 0.1) is 0 Å². The Morgan fingerprint density at radius 1 is 1.21 bits per heavy atom. The van der Waals surface area contributed by atoms with Gasteiger partial charge < -0.3 is 5.32 Å². The predicted molar refractivity (Wildman–Crippen MR) is 83.2 cm³/mol. The highest BCUT2D eigenvalue weighted by Crippen LogP contribution is 2.34. The van der Waals surface area contributed by atoms with Crippen LogP contribution in [0.25, 0.3) is 0 Å². The van der Waals surface area contributed by atoms with E-state index in [4.69, 9.17) is 11.6 Å². The van der Waals surface area contributed by atoms with Crippen molar-refractivity contribution < 1.29 is 0 Å². The van der Waals surface area contributed by atoms with Crippen molar-refractivity contribution in [1.29, 1.82) is 0 Å². The SMILES string of the molecule is CCC(c1ccc(Cl)cc1)N1C[C@H]2CNC[C@H]2C1.Cl. The number of likely N-dealkylation sites (tertiary alicyclic amines) is 1. The third-order valence-electron chi connectivity index (χ3n) is 4.50. The summed E-state index contributed by atoms with van der Waals surface area (Å²) in [6, 6.07) is 8.95. The summed E-state index contributed by atoms with van der Waals surface area (Å²) in [6.07, 6.45) is 1.18. The first kappa shape index (κ1) is 15.1. The fraction of sp³-hybridized carbons (Fsp3) is 0.600. The van der Waals surface area contributed by atoms with Crippen molar-refractivity contribution in [1.82, 2.24) is 10.2 Å². The van der Waals surface area contributed by atoms with E-state index in [0.29, 0.717) is 6.04 Å². The van der Waals surface area contributed by atoms with Crippen LogP contribution < -0.4 is 5.32 Å². The van der Waals surface area contributed by atoms with Gasteiger partial charge in [0.15, 0.2) is 0 Å². The van der Waals surface area contributed by atoms with Gasteiger partial charge in [-0.25, -0.2) is 0 Å². The zero-order valence-corrected chi connectivity index (χ0v) is 12.9. The molecule has 1 aromatic rings. The molecular weight excluding hydrogens is 279 g/mol. The van der Waals surface area contributed by atoms with Gasteiger partial charge in [-0.1, -0.05) is 30.7 Å². The minimum Gasteiger partial charge on any atom is -0.316 e. The van der Waals surface area contributed by atoms with Gasteiger partial charge in [-0.3, -0.25) is 4.90 Å². The molecule has 0 saturated carbocycles. The van der Waals surface area contributed by atoms with Crippen LogP contribution in [0.1, 0.15) is 24.9 Å². The standard InChI is InChI=1S/C15H21ClN2.ClH/c1-2-15(11-3-5-14(16)6-4-11)18-9-12-7-17-8-13(12)10-18;/h3-6,12-13,15,17H,2,7-10H2,1H3;1H/t12-,13+,15?;. The molecule has 0 bridgehead atoms. The average molecular weight is 301 g/mol. The minimum absolute atomic E-state index is 0. The summed E-state index contributed by atoms with van der Waals surface area (Å²) >= 11 is 5.98. The second kappa shape index (κ2) is 6.45. The van der Waals surface area contributed by atoms with E-state index in [9.17, 15) is 0 Å². The van der Waals surface area contributed by atoms with Crippen LogP contribution in [-0.4, -0.2) is 31.1 Å². The molecule has 1 N–H and O–H groups in total. The lowest BCUT2D eigenvalue weighted by Crippen LogP contribution is -2.29. The molecule has 2 heterocycles. The molecule has 0 amide bonds. The fourth-order valence-electron chi connectivity index (χ4n) is 3.54. The Bertz CT molecular complexity index is 395. The molecule has 3 rings (SSSR count). The van der Waals surface area contributed by atoms with Crippen LogP contribution >= 0.6 is 24.0 Å². The van der Waals surface area contributed by atoms with Crippen LogP contribution in [0, 0.1) is 11.8 Å². The summed E-state index contributed by atoms with van der Waals surface area (Å²) in [5.41, 5.74) is 1.41. The third kappa shape index (κ3) is 3.08. The molecule has 4 heteroatoms. The van der Waals surface area contributed by atoms with Gasteiger partial charge in [-0.05, 0) is 49.0 Å². The molecule has 2 aliphatic rings. The van der Waals surface area contributed by atoms with Crippen molar-refractivity contribution >= 4 is 24.0 Å². The number of benzene rings is 1. The highest BCUT2D eigenvalue weighted by molar-refractivity contribution is 6.30. The molecule has 1 unspecified atom stereocenters. The van der Waals surface area contributed by atoms with Crippen LogP contribution in [0.4, 0.5) is 0 Å². The van der Waals surface area contributed by atoms with E-state index >= 15 is 0 Å². The van der Waals surface area contributed by atoms with Gasteiger partial charge in [0.2, 0.25) is 0 Å². The van der Waals surface area contributed by atoms with E-state index < -0.39 is 0 Å². The van der Waals surface area contributed by atoms with Crippen molar-refractivity contribution in [3.63, 3.8) is 0 Å². The number of nitrogens with zero attached hydrogens (tertiary/aromatic N) is 1. The van der Waals surface area contributed by atoms with Gasteiger partial charge in [0, 0.05) is 24.2 Å². The molecule has 2 saturated heterocycles. The molecule has 106 valence electrons. The normalized spacial score (nSPS) is 27.9. The van der Waals surface area contributed by atoms with Crippen molar-refractivity contribution in [3.05, 3.63) is 34.9 Å². The largest absolute Gasteiger partial charge is 0.316 e. The van der Waals surface area contributed by atoms with Gasteiger partial charge in [-0.15, -0.1) is 12.4 Å². The van der Waals surface area contributed by atoms with Crippen LogP contribution in [0.3, 0.4) is 0 Å². The van der Waals surface area contributed by atoms with Crippen molar-refractivity contribution in [3.8, 4) is 0 Å². The van der Waals surface area contributed by atoms with E-state index in [1.54, 1.807) is 0 Å². The van der Waals surface area contributed by atoms with E-state index in [0.717, 1.165) is 16.9 Å². The van der Waals surface area contributed by atoms with E-state index in [1.807, 2.05) is 12.1 Å². The summed E-state index contributed by atoms with van der Waals surface area (Å²) in [4.78, 5) is 2.67. The molecule has 2 aliphatic heterocycles. The second-order valence-corrected chi connectivity index (χ2v) is 6.04. The Kier molecular flexibility index (Phi) is 5.13. The third-order valence-corrected chi connectivity index (χ3v) is 4.75. The molecule has 2 nitrogen and oxygen atoms in total. The first-order chi connectivity index (χ1) is 8.78. The van der Waals surface area contributed by atoms with E-state index in [-0.39, 0.29) is 12.4 Å². The van der Waals surface area contributed by atoms with Crippen molar-refractivity contribution in [2.24, 2.45) is 11.8 Å². The van der Waals surface area contributed by atoms with E-state index in [1.165, 1.54) is 38.2 Å². The van der Waals surface area contributed by atoms with Gasteiger partial charge in [-0.2, -0.15) is 0 Å². The molecule has 0 radical (unpaired) electrons. The van der Waals surface area contributed by atoms with Gasteiger partial charge >= 0.3 is 0 Å². The number of fused-ring (bicyclic) bond motifs is 1. The Morgan fingerprint density at radius 2 is 1.79 bits per heavy atom.